The molecular weight excluding hydrogens is 342 g/mol. The Morgan fingerprint density at radius 2 is 1.89 bits per heavy atom. The third-order valence-corrected chi connectivity index (χ3v) is 4.07. The highest BCUT2D eigenvalue weighted by Crippen LogP contribution is 2.22. The molecule has 1 heterocycles. The molecule has 0 aliphatic rings. The van der Waals surface area contributed by atoms with Crippen molar-refractivity contribution >= 4 is 5.91 Å². The Hall–Kier alpha value is -3.15. The first-order chi connectivity index (χ1) is 13.1. The lowest BCUT2D eigenvalue weighted by atomic mass is 10.1. The summed E-state index contributed by atoms with van der Waals surface area (Å²) in [5.41, 5.74) is 2.15. The molecule has 3 aromatic rings. The SMILES string of the molecule is CC(=O)NC(C)c1nc(-c2ccc(OCCCc3ccccc3)cc2)no1. The Balaban J connectivity index is 1.51. The lowest BCUT2D eigenvalue weighted by Gasteiger charge is -2.07. The molecule has 0 saturated heterocycles. The maximum atomic E-state index is 11.1. The van der Waals surface area contributed by atoms with Crippen LogP contribution in [0.5, 0.6) is 5.75 Å². The summed E-state index contributed by atoms with van der Waals surface area (Å²) < 4.78 is 11.0. The fourth-order valence-corrected chi connectivity index (χ4v) is 2.71. The molecule has 6 heteroatoms. The number of carbonyl (C=O) groups excluding carboxylic acids is 1. The normalized spacial score (nSPS) is 11.8. The Kier molecular flexibility index (Phi) is 6.20. The molecule has 0 aliphatic carbocycles. The first kappa shape index (κ1) is 18.6. The van der Waals surface area contributed by atoms with E-state index in [4.69, 9.17) is 9.26 Å². The lowest BCUT2D eigenvalue weighted by Crippen LogP contribution is -2.23. The third-order valence-electron chi connectivity index (χ3n) is 4.07. The van der Waals surface area contributed by atoms with Gasteiger partial charge in [-0.3, -0.25) is 4.79 Å². The fourth-order valence-electron chi connectivity index (χ4n) is 2.71. The molecule has 1 aromatic heterocycles. The van der Waals surface area contributed by atoms with E-state index in [0.717, 1.165) is 24.2 Å². The van der Waals surface area contributed by atoms with Crippen molar-refractivity contribution < 1.29 is 14.1 Å². The van der Waals surface area contributed by atoms with Gasteiger partial charge in [0, 0.05) is 12.5 Å². The van der Waals surface area contributed by atoms with Crippen LogP contribution in [0.1, 0.15) is 37.8 Å². The number of aromatic nitrogens is 2. The van der Waals surface area contributed by atoms with Gasteiger partial charge in [-0.25, -0.2) is 0 Å². The smallest absolute Gasteiger partial charge is 0.249 e. The number of nitrogens with zero attached hydrogens (tertiary/aromatic N) is 2. The predicted molar refractivity (Wildman–Crippen MR) is 102 cm³/mol. The van der Waals surface area contributed by atoms with Crippen LogP contribution >= 0.6 is 0 Å². The van der Waals surface area contributed by atoms with Gasteiger partial charge >= 0.3 is 0 Å². The Labute approximate surface area is 158 Å². The molecule has 27 heavy (non-hydrogen) atoms. The first-order valence-corrected chi connectivity index (χ1v) is 8.99. The molecule has 0 fully saturated rings. The van der Waals surface area contributed by atoms with Gasteiger partial charge in [0.15, 0.2) is 0 Å². The van der Waals surface area contributed by atoms with Gasteiger partial charge in [-0.1, -0.05) is 35.5 Å². The molecule has 0 bridgehead atoms. The number of rotatable bonds is 8. The molecular formula is C21H23N3O3. The average molecular weight is 365 g/mol. The minimum atomic E-state index is -0.323. The van der Waals surface area contributed by atoms with Crippen molar-refractivity contribution in [2.75, 3.05) is 6.61 Å². The van der Waals surface area contributed by atoms with Crippen molar-refractivity contribution in [2.24, 2.45) is 0 Å². The van der Waals surface area contributed by atoms with Crippen molar-refractivity contribution in [3.63, 3.8) is 0 Å². The molecule has 1 unspecified atom stereocenters. The molecule has 1 amide bonds. The van der Waals surface area contributed by atoms with E-state index >= 15 is 0 Å². The van der Waals surface area contributed by atoms with Crippen LogP contribution in [0.3, 0.4) is 0 Å². The van der Waals surface area contributed by atoms with E-state index in [1.54, 1.807) is 6.92 Å². The molecule has 3 rings (SSSR count). The number of aryl methyl sites for hydroxylation is 1. The second kappa shape index (κ2) is 8.98. The maximum Gasteiger partial charge on any atom is 0.249 e. The maximum absolute atomic E-state index is 11.1. The second-order valence-corrected chi connectivity index (χ2v) is 6.34. The summed E-state index contributed by atoms with van der Waals surface area (Å²) in [5.74, 6) is 1.53. The number of hydrogen-bond acceptors (Lipinski definition) is 5. The minimum Gasteiger partial charge on any atom is -0.494 e. The fraction of sp³-hybridized carbons (Fsp3) is 0.286. The first-order valence-electron chi connectivity index (χ1n) is 8.99. The molecule has 0 saturated carbocycles. The van der Waals surface area contributed by atoms with Crippen LogP contribution < -0.4 is 10.1 Å². The summed E-state index contributed by atoms with van der Waals surface area (Å²) in [5, 5.41) is 6.69. The number of nitrogens with one attached hydrogen (secondary N) is 1. The van der Waals surface area contributed by atoms with Crippen molar-refractivity contribution in [2.45, 2.75) is 32.7 Å². The molecule has 0 radical (unpaired) electrons. The van der Waals surface area contributed by atoms with E-state index in [9.17, 15) is 4.79 Å². The zero-order valence-electron chi connectivity index (χ0n) is 15.5. The summed E-state index contributed by atoms with van der Waals surface area (Å²) in [6.07, 6.45) is 1.96. The average Bonchev–Trinajstić information content (AvgIpc) is 3.16. The van der Waals surface area contributed by atoms with Crippen LogP contribution in [0, 0.1) is 0 Å². The van der Waals surface area contributed by atoms with E-state index in [1.807, 2.05) is 30.3 Å². The summed E-state index contributed by atoms with van der Waals surface area (Å²) in [7, 11) is 0. The van der Waals surface area contributed by atoms with E-state index in [0.29, 0.717) is 18.3 Å². The van der Waals surface area contributed by atoms with Gasteiger partial charge in [-0.15, -0.1) is 0 Å². The van der Waals surface area contributed by atoms with Gasteiger partial charge < -0.3 is 14.6 Å². The topological polar surface area (TPSA) is 77.2 Å². The van der Waals surface area contributed by atoms with Crippen molar-refractivity contribution in [3.8, 4) is 17.1 Å². The van der Waals surface area contributed by atoms with Gasteiger partial charge in [0.25, 0.3) is 0 Å². The highest BCUT2D eigenvalue weighted by atomic mass is 16.5. The standard InChI is InChI=1S/C21H23N3O3/c1-15(22-16(2)25)21-23-20(24-27-21)18-10-12-19(13-11-18)26-14-6-9-17-7-4-3-5-8-17/h3-5,7-8,10-13,15H,6,9,14H2,1-2H3,(H,22,25). The number of benzene rings is 2. The summed E-state index contributed by atoms with van der Waals surface area (Å²) in [6, 6.07) is 17.6. The number of hydrogen-bond donors (Lipinski definition) is 1. The van der Waals surface area contributed by atoms with Gasteiger partial charge in [-0.2, -0.15) is 4.98 Å². The van der Waals surface area contributed by atoms with Crippen molar-refractivity contribution in [3.05, 3.63) is 66.1 Å². The third kappa shape index (κ3) is 5.41. The van der Waals surface area contributed by atoms with Gasteiger partial charge in [-0.05, 0) is 49.6 Å². The molecule has 1 atom stereocenters. The second-order valence-electron chi connectivity index (χ2n) is 6.34. The molecule has 0 spiro atoms. The zero-order chi connectivity index (χ0) is 19.1. The van der Waals surface area contributed by atoms with E-state index in [1.165, 1.54) is 12.5 Å². The van der Waals surface area contributed by atoms with Crippen molar-refractivity contribution in [1.82, 2.24) is 15.5 Å². The van der Waals surface area contributed by atoms with Crippen LogP contribution in [0.15, 0.2) is 59.1 Å². The van der Waals surface area contributed by atoms with Gasteiger partial charge in [0.1, 0.15) is 11.8 Å². The van der Waals surface area contributed by atoms with E-state index in [-0.39, 0.29) is 11.9 Å². The van der Waals surface area contributed by atoms with E-state index in [2.05, 4.69) is 39.7 Å². The van der Waals surface area contributed by atoms with E-state index < -0.39 is 0 Å². The summed E-state index contributed by atoms with van der Waals surface area (Å²) >= 11 is 0. The molecule has 6 nitrogen and oxygen atoms in total. The zero-order valence-corrected chi connectivity index (χ0v) is 15.5. The summed E-state index contributed by atoms with van der Waals surface area (Å²) in [4.78, 5) is 15.5. The van der Waals surface area contributed by atoms with Gasteiger partial charge in [0.05, 0.1) is 6.61 Å². The number of amides is 1. The molecule has 2 aromatic carbocycles. The molecule has 1 N–H and O–H groups in total. The Morgan fingerprint density at radius 1 is 1.15 bits per heavy atom. The van der Waals surface area contributed by atoms with Gasteiger partial charge in [0.2, 0.25) is 17.6 Å². The number of carbonyl (C=O) groups is 1. The van der Waals surface area contributed by atoms with Crippen LogP contribution in [0.25, 0.3) is 11.4 Å². The largest absolute Gasteiger partial charge is 0.494 e. The summed E-state index contributed by atoms with van der Waals surface area (Å²) in [6.45, 7) is 3.91. The van der Waals surface area contributed by atoms with Crippen LogP contribution in [0.2, 0.25) is 0 Å². The Morgan fingerprint density at radius 3 is 2.59 bits per heavy atom. The van der Waals surface area contributed by atoms with Crippen molar-refractivity contribution in [1.29, 1.82) is 0 Å². The quantitative estimate of drug-likeness (QED) is 0.612. The highest BCUT2D eigenvalue weighted by Gasteiger charge is 2.15. The van der Waals surface area contributed by atoms with Crippen LogP contribution in [-0.4, -0.2) is 22.7 Å². The minimum absolute atomic E-state index is 0.143. The monoisotopic (exact) mass is 365 g/mol. The molecule has 0 aliphatic heterocycles. The molecule has 140 valence electrons. The van der Waals surface area contributed by atoms with Crippen LogP contribution in [0.4, 0.5) is 0 Å². The highest BCUT2D eigenvalue weighted by molar-refractivity contribution is 5.73. The lowest BCUT2D eigenvalue weighted by molar-refractivity contribution is -0.119. The predicted octanol–water partition coefficient (Wildman–Crippen LogP) is 3.95. The van der Waals surface area contributed by atoms with Crippen LogP contribution in [-0.2, 0) is 11.2 Å². The number of ether oxygens (including phenoxy) is 1. The Bertz CT molecular complexity index is 860.